The van der Waals surface area contributed by atoms with Crippen molar-refractivity contribution < 1.29 is 4.74 Å². The van der Waals surface area contributed by atoms with E-state index in [1.54, 1.807) is 0 Å². The number of alkyl halides is 1. The number of hydrogen-bond donors (Lipinski definition) is 0. The van der Waals surface area contributed by atoms with Gasteiger partial charge in [0.25, 0.3) is 0 Å². The lowest BCUT2D eigenvalue weighted by molar-refractivity contribution is 0.0511. The molecule has 0 aliphatic rings. The summed E-state index contributed by atoms with van der Waals surface area (Å²) in [6.07, 6.45) is 5.19. The molecule has 0 aromatic carbocycles. The van der Waals surface area contributed by atoms with E-state index in [2.05, 4.69) is 13.8 Å². The molecule has 1 nitrogen and oxygen atoms in total. The fraction of sp³-hybridized carbons (Fsp3) is 1.00. The minimum Gasteiger partial charge on any atom is -0.377 e. The molecule has 0 fully saturated rings. The fourth-order valence-electron chi connectivity index (χ4n) is 1.17. The first-order chi connectivity index (χ1) is 5.35. The first-order valence-electron chi connectivity index (χ1n) is 4.52. The summed E-state index contributed by atoms with van der Waals surface area (Å²) in [4.78, 5) is 0. The third-order valence-electron chi connectivity index (χ3n) is 1.65. The summed E-state index contributed by atoms with van der Waals surface area (Å²) in [6.45, 7) is 5.08. The van der Waals surface area contributed by atoms with Gasteiger partial charge in [-0.1, -0.05) is 26.7 Å². The molecule has 11 heavy (non-hydrogen) atoms. The molecule has 0 N–H and O–H groups in total. The number of ether oxygens (including phenoxy) is 1. The minimum atomic E-state index is 0.448. The Morgan fingerprint density at radius 3 is 2.09 bits per heavy atom. The van der Waals surface area contributed by atoms with Crippen LogP contribution < -0.4 is 0 Å². The van der Waals surface area contributed by atoms with E-state index < -0.39 is 0 Å². The van der Waals surface area contributed by atoms with E-state index in [0.717, 1.165) is 0 Å². The van der Waals surface area contributed by atoms with Crippen molar-refractivity contribution in [3.63, 3.8) is 0 Å². The van der Waals surface area contributed by atoms with Gasteiger partial charge in [-0.2, -0.15) is 0 Å². The molecule has 0 aromatic heterocycles. The maximum absolute atomic E-state index is 5.54. The van der Waals surface area contributed by atoms with Crippen molar-refractivity contribution in [2.45, 2.75) is 45.6 Å². The van der Waals surface area contributed by atoms with Crippen LogP contribution in [-0.2, 0) is 4.74 Å². The smallest absolute Gasteiger partial charge is 0.0605 e. The van der Waals surface area contributed by atoms with Gasteiger partial charge in [-0.25, -0.2) is 0 Å². The van der Waals surface area contributed by atoms with Gasteiger partial charge >= 0.3 is 0 Å². The molecular weight excluding hydrogens is 160 g/mol. The van der Waals surface area contributed by atoms with Gasteiger partial charge in [0.05, 0.1) is 12.7 Å². The quantitative estimate of drug-likeness (QED) is 0.544. The third kappa shape index (κ3) is 6.64. The van der Waals surface area contributed by atoms with Gasteiger partial charge in [-0.3, -0.25) is 0 Å². The highest BCUT2D eigenvalue weighted by Crippen LogP contribution is 2.08. The van der Waals surface area contributed by atoms with Gasteiger partial charge in [0.1, 0.15) is 0 Å². The average Bonchev–Trinajstić information content (AvgIpc) is 2.01. The Morgan fingerprint density at radius 1 is 1.18 bits per heavy atom. The van der Waals surface area contributed by atoms with E-state index in [-0.39, 0.29) is 0 Å². The molecule has 0 rings (SSSR count). The van der Waals surface area contributed by atoms with Crippen LogP contribution in [0.1, 0.15) is 39.5 Å². The predicted molar refractivity (Wildman–Crippen MR) is 50.3 cm³/mol. The second kappa shape index (κ2) is 8.35. The van der Waals surface area contributed by atoms with Crippen LogP contribution in [0.2, 0.25) is 0 Å². The van der Waals surface area contributed by atoms with E-state index in [1.165, 1.54) is 25.7 Å². The van der Waals surface area contributed by atoms with Crippen molar-refractivity contribution in [1.82, 2.24) is 0 Å². The average molecular weight is 179 g/mol. The minimum absolute atomic E-state index is 0.448. The normalized spacial score (nSPS) is 10.9. The van der Waals surface area contributed by atoms with Gasteiger partial charge < -0.3 is 4.74 Å². The Kier molecular flexibility index (Phi) is 8.54. The van der Waals surface area contributed by atoms with Crippen LogP contribution in [0.15, 0.2) is 0 Å². The van der Waals surface area contributed by atoms with Crippen LogP contribution in [-0.4, -0.2) is 18.6 Å². The van der Waals surface area contributed by atoms with Gasteiger partial charge in [-0.15, -0.1) is 11.6 Å². The van der Waals surface area contributed by atoms with Gasteiger partial charge in [0.15, 0.2) is 0 Å². The van der Waals surface area contributed by atoms with Crippen LogP contribution in [0, 0.1) is 0 Å². The molecule has 2 heteroatoms. The highest BCUT2D eigenvalue weighted by atomic mass is 35.5. The lowest BCUT2D eigenvalue weighted by atomic mass is 10.1. The van der Waals surface area contributed by atoms with E-state index in [9.17, 15) is 0 Å². The second-order valence-corrected chi connectivity index (χ2v) is 3.14. The largest absolute Gasteiger partial charge is 0.377 e. The fourth-order valence-corrected chi connectivity index (χ4v) is 1.26. The lowest BCUT2D eigenvalue weighted by Crippen LogP contribution is -2.13. The summed E-state index contributed by atoms with van der Waals surface area (Å²) in [5, 5.41) is 0. The highest BCUT2D eigenvalue weighted by molar-refractivity contribution is 6.17. The van der Waals surface area contributed by atoms with E-state index >= 15 is 0 Å². The molecule has 0 spiro atoms. The Labute approximate surface area is 75.1 Å². The van der Waals surface area contributed by atoms with Gasteiger partial charge in [0, 0.05) is 5.88 Å². The van der Waals surface area contributed by atoms with Crippen LogP contribution in [0.4, 0.5) is 0 Å². The molecule has 0 bridgehead atoms. The summed E-state index contributed by atoms with van der Waals surface area (Å²) in [5.41, 5.74) is 0. The molecule has 0 amide bonds. The first-order valence-corrected chi connectivity index (χ1v) is 5.06. The van der Waals surface area contributed by atoms with Crippen LogP contribution in [0.25, 0.3) is 0 Å². The second-order valence-electron chi connectivity index (χ2n) is 2.76. The lowest BCUT2D eigenvalue weighted by Gasteiger charge is -2.14. The molecular formula is C9H19ClO. The van der Waals surface area contributed by atoms with Crippen molar-refractivity contribution in [3.05, 3.63) is 0 Å². The topological polar surface area (TPSA) is 9.23 Å². The van der Waals surface area contributed by atoms with Gasteiger partial charge in [-0.05, 0) is 12.8 Å². The van der Waals surface area contributed by atoms with Gasteiger partial charge in [0.2, 0.25) is 0 Å². The predicted octanol–water partition coefficient (Wildman–Crippen LogP) is 3.21. The van der Waals surface area contributed by atoms with Crippen molar-refractivity contribution in [3.8, 4) is 0 Å². The SMILES string of the molecule is CCCC(CCC)OCCCl. The molecule has 68 valence electrons. The molecule has 0 saturated carbocycles. The molecule has 0 atom stereocenters. The van der Waals surface area contributed by atoms with Crippen LogP contribution >= 0.6 is 11.6 Å². The standard InChI is InChI=1S/C9H19ClO/c1-3-5-9(6-4-2)11-8-7-10/h9H,3-8H2,1-2H3. The molecule has 0 aliphatic carbocycles. The number of halogens is 1. The maximum atomic E-state index is 5.54. The van der Waals surface area contributed by atoms with Crippen molar-refractivity contribution in [2.24, 2.45) is 0 Å². The van der Waals surface area contributed by atoms with Crippen molar-refractivity contribution in [2.75, 3.05) is 12.5 Å². The zero-order chi connectivity index (χ0) is 8.53. The highest BCUT2D eigenvalue weighted by Gasteiger charge is 2.05. The monoisotopic (exact) mass is 178 g/mol. The van der Waals surface area contributed by atoms with Crippen molar-refractivity contribution >= 4 is 11.6 Å². The van der Waals surface area contributed by atoms with E-state index in [0.29, 0.717) is 18.6 Å². The molecule has 0 unspecified atom stereocenters. The number of rotatable bonds is 7. The summed E-state index contributed by atoms with van der Waals surface area (Å²) >= 11 is 5.52. The summed E-state index contributed by atoms with van der Waals surface area (Å²) < 4.78 is 5.54. The Bertz CT molecular complexity index is 70.0. The first kappa shape index (κ1) is 11.2. The molecule has 0 radical (unpaired) electrons. The number of hydrogen-bond acceptors (Lipinski definition) is 1. The Morgan fingerprint density at radius 2 is 1.73 bits per heavy atom. The summed E-state index contributed by atoms with van der Waals surface area (Å²) in [6, 6.07) is 0. The van der Waals surface area contributed by atoms with Crippen molar-refractivity contribution in [1.29, 1.82) is 0 Å². The molecule has 0 heterocycles. The van der Waals surface area contributed by atoms with Crippen LogP contribution in [0.3, 0.4) is 0 Å². The zero-order valence-electron chi connectivity index (χ0n) is 7.61. The molecule has 0 aliphatic heterocycles. The Hall–Kier alpha value is 0.250. The summed E-state index contributed by atoms with van der Waals surface area (Å²) in [5.74, 6) is 0.615. The maximum Gasteiger partial charge on any atom is 0.0605 e. The molecule has 0 saturated heterocycles. The molecule has 0 aromatic rings. The van der Waals surface area contributed by atoms with E-state index in [1.807, 2.05) is 0 Å². The van der Waals surface area contributed by atoms with Crippen LogP contribution in [0.5, 0.6) is 0 Å². The third-order valence-corrected chi connectivity index (χ3v) is 1.81. The Balaban J connectivity index is 3.34. The zero-order valence-corrected chi connectivity index (χ0v) is 8.36. The van der Waals surface area contributed by atoms with E-state index in [4.69, 9.17) is 16.3 Å². The summed E-state index contributed by atoms with van der Waals surface area (Å²) in [7, 11) is 0.